The number of hydrogen-bond donors (Lipinski definition) is 1. The Kier molecular flexibility index (Phi) is 5.78. The zero-order valence-corrected chi connectivity index (χ0v) is 18.0. The molecule has 0 aromatic heterocycles. The van der Waals surface area contributed by atoms with Gasteiger partial charge in [-0.1, -0.05) is 54.2 Å². The van der Waals surface area contributed by atoms with Crippen LogP contribution in [0, 0.1) is 0 Å². The van der Waals surface area contributed by atoms with Crippen molar-refractivity contribution in [3.8, 4) is 0 Å². The summed E-state index contributed by atoms with van der Waals surface area (Å²) in [6.07, 6.45) is 0. The van der Waals surface area contributed by atoms with Gasteiger partial charge in [0.1, 0.15) is 0 Å². The number of sulfonamides is 1. The second-order valence-corrected chi connectivity index (χ2v) is 9.68. The summed E-state index contributed by atoms with van der Waals surface area (Å²) in [6, 6.07) is 20.5. The molecule has 8 heteroatoms. The molecule has 0 aliphatic carbocycles. The van der Waals surface area contributed by atoms with Crippen LogP contribution in [0.1, 0.15) is 12.5 Å². The lowest BCUT2D eigenvalue weighted by atomic mass is 10.1. The van der Waals surface area contributed by atoms with Gasteiger partial charge in [0.2, 0.25) is 5.91 Å². The average Bonchev–Trinajstić information content (AvgIpc) is 3.22. The van der Waals surface area contributed by atoms with Gasteiger partial charge in [-0.3, -0.25) is 9.79 Å². The molecule has 3 aromatic rings. The van der Waals surface area contributed by atoms with Crippen molar-refractivity contribution in [2.45, 2.75) is 17.6 Å². The first-order valence-electron chi connectivity index (χ1n) is 9.49. The largest absolute Gasteiger partial charge is 0.326 e. The van der Waals surface area contributed by atoms with Crippen LogP contribution >= 0.6 is 11.8 Å². The van der Waals surface area contributed by atoms with Crippen LogP contribution in [0.4, 0.5) is 5.69 Å². The normalized spacial score (nSPS) is 14.0. The van der Waals surface area contributed by atoms with Crippen molar-refractivity contribution in [2.24, 2.45) is 4.99 Å². The lowest BCUT2D eigenvalue weighted by Crippen LogP contribution is -2.32. The van der Waals surface area contributed by atoms with E-state index in [9.17, 15) is 13.2 Å². The molecule has 0 atom stereocenters. The van der Waals surface area contributed by atoms with Crippen LogP contribution in [0.5, 0.6) is 0 Å². The van der Waals surface area contributed by atoms with E-state index in [1.165, 1.54) is 35.1 Å². The van der Waals surface area contributed by atoms with E-state index < -0.39 is 10.0 Å². The summed E-state index contributed by atoms with van der Waals surface area (Å²) in [5.74, 6) is 0.428. The standard InChI is InChI=1S/C22H21N3O3S2/c1-16(26)24-19-9-11-20(12-10-19)30(27,28)25-14-13-23-22(25)29-15-18-7-4-6-17-5-2-3-8-21(17)18/h2-12H,13-15H2,1H3,(H,24,26). The third-order valence-corrected chi connectivity index (χ3v) is 7.75. The Morgan fingerprint density at radius 3 is 2.57 bits per heavy atom. The number of anilines is 1. The number of hydrogen-bond acceptors (Lipinski definition) is 5. The fourth-order valence-corrected chi connectivity index (χ4v) is 6.08. The molecule has 154 valence electrons. The summed E-state index contributed by atoms with van der Waals surface area (Å²) in [5.41, 5.74) is 1.70. The number of nitrogens with one attached hydrogen (secondary N) is 1. The molecule has 0 bridgehead atoms. The maximum Gasteiger partial charge on any atom is 0.265 e. The fourth-order valence-electron chi connectivity index (χ4n) is 3.35. The Labute approximate surface area is 180 Å². The Bertz CT molecular complexity index is 1220. The second-order valence-electron chi connectivity index (χ2n) is 6.87. The molecule has 0 unspecified atom stereocenters. The molecule has 3 aromatic carbocycles. The summed E-state index contributed by atoms with van der Waals surface area (Å²) < 4.78 is 27.7. The van der Waals surface area contributed by atoms with Gasteiger partial charge in [-0.25, -0.2) is 12.7 Å². The van der Waals surface area contributed by atoms with Crippen LogP contribution in [-0.2, 0) is 20.6 Å². The number of benzene rings is 3. The number of amides is 1. The van der Waals surface area contributed by atoms with Gasteiger partial charge < -0.3 is 5.32 Å². The molecule has 0 radical (unpaired) electrons. The number of carbonyl (C=O) groups is 1. The van der Waals surface area contributed by atoms with E-state index in [0.717, 1.165) is 16.3 Å². The molecule has 1 heterocycles. The predicted octanol–water partition coefficient (Wildman–Crippen LogP) is 4.09. The van der Waals surface area contributed by atoms with E-state index in [0.29, 0.717) is 29.7 Å². The number of aliphatic imine (C=N–C) groups is 1. The third-order valence-electron chi connectivity index (χ3n) is 4.76. The fraction of sp³-hybridized carbons (Fsp3) is 0.182. The first-order chi connectivity index (χ1) is 14.4. The van der Waals surface area contributed by atoms with Crippen molar-refractivity contribution in [3.63, 3.8) is 0 Å². The number of nitrogens with zero attached hydrogens (tertiary/aromatic N) is 2. The van der Waals surface area contributed by atoms with Crippen LogP contribution in [-0.4, -0.2) is 36.9 Å². The smallest absolute Gasteiger partial charge is 0.265 e. The van der Waals surface area contributed by atoms with E-state index >= 15 is 0 Å². The van der Waals surface area contributed by atoms with Gasteiger partial charge in [-0.05, 0) is 40.6 Å². The van der Waals surface area contributed by atoms with E-state index in [1.807, 2.05) is 18.2 Å². The van der Waals surface area contributed by atoms with Gasteiger partial charge >= 0.3 is 0 Å². The van der Waals surface area contributed by atoms with E-state index in [-0.39, 0.29) is 10.8 Å². The molecule has 1 N–H and O–H groups in total. The summed E-state index contributed by atoms with van der Waals surface area (Å²) >= 11 is 1.43. The van der Waals surface area contributed by atoms with Gasteiger partial charge in [0, 0.05) is 18.4 Å². The number of carbonyl (C=O) groups excluding carboxylic acids is 1. The van der Waals surface area contributed by atoms with Crippen molar-refractivity contribution in [2.75, 3.05) is 18.4 Å². The molecule has 1 aliphatic heterocycles. The van der Waals surface area contributed by atoms with Crippen LogP contribution in [0.25, 0.3) is 10.8 Å². The van der Waals surface area contributed by atoms with Crippen molar-refractivity contribution < 1.29 is 13.2 Å². The topological polar surface area (TPSA) is 78.8 Å². The first kappa shape index (κ1) is 20.4. The van der Waals surface area contributed by atoms with E-state index in [2.05, 4.69) is 34.6 Å². The first-order valence-corrected chi connectivity index (χ1v) is 11.9. The Morgan fingerprint density at radius 2 is 1.80 bits per heavy atom. The van der Waals surface area contributed by atoms with E-state index in [4.69, 9.17) is 0 Å². The minimum absolute atomic E-state index is 0.178. The van der Waals surface area contributed by atoms with Crippen molar-refractivity contribution in [1.29, 1.82) is 0 Å². The number of rotatable bonds is 5. The summed E-state index contributed by atoms with van der Waals surface area (Å²) in [7, 11) is -3.71. The second kappa shape index (κ2) is 8.49. The number of thioether (sulfide) groups is 1. The number of fused-ring (bicyclic) bond motifs is 1. The summed E-state index contributed by atoms with van der Waals surface area (Å²) in [6.45, 7) is 2.18. The summed E-state index contributed by atoms with van der Waals surface area (Å²) in [5, 5.41) is 5.47. The molecule has 0 saturated carbocycles. The molecule has 4 rings (SSSR count). The monoisotopic (exact) mass is 439 g/mol. The predicted molar refractivity (Wildman–Crippen MR) is 122 cm³/mol. The quantitative estimate of drug-likeness (QED) is 0.649. The molecule has 1 aliphatic rings. The van der Waals surface area contributed by atoms with Crippen LogP contribution < -0.4 is 5.32 Å². The minimum atomic E-state index is -3.71. The van der Waals surface area contributed by atoms with Crippen molar-refractivity contribution in [1.82, 2.24) is 4.31 Å². The van der Waals surface area contributed by atoms with Crippen LogP contribution in [0.3, 0.4) is 0 Å². The van der Waals surface area contributed by atoms with Gasteiger partial charge in [0.15, 0.2) is 5.17 Å². The van der Waals surface area contributed by atoms with Crippen molar-refractivity contribution in [3.05, 3.63) is 72.3 Å². The van der Waals surface area contributed by atoms with Crippen LogP contribution in [0.15, 0.2) is 76.6 Å². The van der Waals surface area contributed by atoms with Crippen molar-refractivity contribution >= 4 is 49.3 Å². The summed E-state index contributed by atoms with van der Waals surface area (Å²) in [4.78, 5) is 15.8. The lowest BCUT2D eigenvalue weighted by molar-refractivity contribution is -0.114. The molecular formula is C22H21N3O3S2. The maximum absolute atomic E-state index is 13.1. The number of amidine groups is 1. The van der Waals surface area contributed by atoms with Gasteiger partial charge in [0.05, 0.1) is 18.0 Å². The highest BCUT2D eigenvalue weighted by Crippen LogP contribution is 2.28. The SMILES string of the molecule is CC(=O)Nc1ccc(S(=O)(=O)N2CCN=C2SCc2cccc3ccccc23)cc1. The average molecular weight is 440 g/mol. The zero-order valence-electron chi connectivity index (χ0n) is 16.4. The van der Waals surface area contributed by atoms with Gasteiger partial charge in [0.25, 0.3) is 10.0 Å². The van der Waals surface area contributed by atoms with Gasteiger partial charge in [-0.2, -0.15) is 0 Å². The molecule has 30 heavy (non-hydrogen) atoms. The Hall–Kier alpha value is -2.84. The van der Waals surface area contributed by atoms with E-state index in [1.54, 1.807) is 12.1 Å². The Balaban J connectivity index is 1.52. The zero-order chi connectivity index (χ0) is 21.1. The minimum Gasteiger partial charge on any atom is -0.326 e. The lowest BCUT2D eigenvalue weighted by Gasteiger charge is -2.20. The highest BCUT2D eigenvalue weighted by atomic mass is 32.2. The molecule has 0 spiro atoms. The highest BCUT2D eigenvalue weighted by Gasteiger charge is 2.31. The maximum atomic E-state index is 13.1. The molecule has 6 nitrogen and oxygen atoms in total. The molecule has 0 saturated heterocycles. The molecular weight excluding hydrogens is 418 g/mol. The third kappa shape index (κ3) is 4.20. The highest BCUT2D eigenvalue weighted by molar-refractivity contribution is 8.14. The Morgan fingerprint density at radius 1 is 1.07 bits per heavy atom. The molecule has 1 amide bonds. The van der Waals surface area contributed by atoms with Gasteiger partial charge in [-0.15, -0.1) is 0 Å². The molecule has 0 fully saturated rings. The van der Waals surface area contributed by atoms with Crippen LogP contribution in [0.2, 0.25) is 0 Å².